The van der Waals surface area contributed by atoms with Crippen molar-refractivity contribution in [3.05, 3.63) is 70.5 Å². The van der Waals surface area contributed by atoms with Gasteiger partial charge in [-0.3, -0.25) is 14.0 Å². The molecule has 2 heterocycles. The molecule has 0 aliphatic carbocycles. The van der Waals surface area contributed by atoms with E-state index in [1.54, 1.807) is 37.4 Å². The van der Waals surface area contributed by atoms with Gasteiger partial charge in [0.05, 0.1) is 5.69 Å². The number of aryl methyl sites for hydroxylation is 1. The van der Waals surface area contributed by atoms with Gasteiger partial charge in [-0.05, 0) is 38.1 Å². The van der Waals surface area contributed by atoms with Crippen LogP contribution in [0.15, 0.2) is 53.5 Å². The molecule has 1 aromatic carbocycles. The van der Waals surface area contributed by atoms with Crippen LogP contribution >= 0.6 is 0 Å². The van der Waals surface area contributed by atoms with E-state index in [0.717, 1.165) is 0 Å². The lowest BCUT2D eigenvalue weighted by Gasteiger charge is -2.16. The molecule has 0 spiro atoms. The topological polar surface area (TPSA) is 72.7 Å². The first-order chi connectivity index (χ1) is 12.0. The maximum absolute atomic E-state index is 13.6. The molecule has 0 unspecified atom stereocenters. The molecule has 3 rings (SSSR count). The van der Waals surface area contributed by atoms with Crippen LogP contribution in [0.2, 0.25) is 0 Å². The van der Waals surface area contributed by atoms with E-state index in [-0.39, 0.29) is 11.4 Å². The van der Waals surface area contributed by atoms with Crippen molar-refractivity contribution < 1.29 is 13.9 Å². The number of aromatic nitrogens is 2. The first kappa shape index (κ1) is 16.6. The smallest absolute Gasteiger partial charge is 0.281 e. The van der Waals surface area contributed by atoms with Crippen molar-refractivity contribution in [3.8, 4) is 5.75 Å². The highest BCUT2D eigenvalue weighted by Crippen LogP contribution is 2.17. The number of halogens is 1. The van der Waals surface area contributed by atoms with Gasteiger partial charge in [-0.25, -0.2) is 9.37 Å². The molecule has 6 nitrogen and oxygen atoms in total. The van der Waals surface area contributed by atoms with E-state index in [1.807, 2.05) is 0 Å². The van der Waals surface area contributed by atoms with Crippen LogP contribution in [0.1, 0.15) is 12.6 Å². The molecule has 0 radical (unpaired) electrons. The molecule has 1 amide bonds. The number of amides is 1. The van der Waals surface area contributed by atoms with Crippen LogP contribution < -0.4 is 15.6 Å². The van der Waals surface area contributed by atoms with Gasteiger partial charge in [0.2, 0.25) is 0 Å². The van der Waals surface area contributed by atoms with E-state index in [1.165, 1.54) is 29.5 Å². The maximum Gasteiger partial charge on any atom is 0.281 e. The summed E-state index contributed by atoms with van der Waals surface area (Å²) >= 11 is 0. The average molecular weight is 341 g/mol. The average Bonchev–Trinajstić information content (AvgIpc) is 2.60. The first-order valence-corrected chi connectivity index (χ1v) is 7.67. The SMILES string of the molecule is Cc1nc2ccccn2c(=O)c1NC(=O)[C@@H](C)Oc1ccccc1F. The van der Waals surface area contributed by atoms with Gasteiger partial charge in [-0.15, -0.1) is 0 Å². The Balaban J connectivity index is 1.84. The number of nitrogens with zero attached hydrogens (tertiary/aromatic N) is 2. The van der Waals surface area contributed by atoms with Crippen molar-refractivity contribution in [1.82, 2.24) is 9.38 Å². The third-order valence-corrected chi connectivity index (χ3v) is 3.67. The van der Waals surface area contributed by atoms with Crippen molar-refractivity contribution >= 4 is 17.2 Å². The summed E-state index contributed by atoms with van der Waals surface area (Å²) < 4.78 is 20.3. The third-order valence-electron chi connectivity index (χ3n) is 3.67. The van der Waals surface area contributed by atoms with Gasteiger partial charge in [-0.2, -0.15) is 0 Å². The van der Waals surface area contributed by atoms with Crippen molar-refractivity contribution in [2.45, 2.75) is 20.0 Å². The fourth-order valence-electron chi connectivity index (χ4n) is 2.35. The van der Waals surface area contributed by atoms with Crippen LogP contribution in [0.25, 0.3) is 5.65 Å². The second kappa shape index (κ2) is 6.72. The Bertz CT molecular complexity index is 1000. The Morgan fingerprint density at radius 2 is 1.96 bits per heavy atom. The number of hydrogen-bond donors (Lipinski definition) is 1. The highest BCUT2D eigenvalue weighted by atomic mass is 19.1. The molecule has 0 bridgehead atoms. The lowest BCUT2D eigenvalue weighted by molar-refractivity contribution is -0.122. The van der Waals surface area contributed by atoms with Gasteiger partial charge in [-0.1, -0.05) is 18.2 Å². The zero-order valence-corrected chi connectivity index (χ0v) is 13.7. The first-order valence-electron chi connectivity index (χ1n) is 7.67. The van der Waals surface area contributed by atoms with E-state index in [4.69, 9.17) is 4.74 Å². The zero-order valence-electron chi connectivity index (χ0n) is 13.7. The van der Waals surface area contributed by atoms with E-state index in [2.05, 4.69) is 10.3 Å². The zero-order chi connectivity index (χ0) is 18.0. The van der Waals surface area contributed by atoms with Crippen LogP contribution in [-0.2, 0) is 4.79 Å². The molecule has 2 aromatic heterocycles. The fourth-order valence-corrected chi connectivity index (χ4v) is 2.35. The summed E-state index contributed by atoms with van der Waals surface area (Å²) in [5, 5.41) is 2.53. The van der Waals surface area contributed by atoms with Crippen molar-refractivity contribution in [3.63, 3.8) is 0 Å². The van der Waals surface area contributed by atoms with E-state index in [0.29, 0.717) is 11.3 Å². The van der Waals surface area contributed by atoms with Crippen LogP contribution in [0.3, 0.4) is 0 Å². The number of para-hydroxylation sites is 1. The van der Waals surface area contributed by atoms with Crippen LogP contribution in [-0.4, -0.2) is 21.4 Å². The number of ether oxygens (including phenoxy) is 1. The number of carbonyl (C=O) groups is 1. The second-order valence-electron chi connectivity index (χ2n) is 5.49. The molecular formula is C18H16FN3O3. The number of nitrogens with one attached hydrogen (secondary N) is 1. The summed E-state index contributed by atoms with van der Waals surface area (Å²) in [6, 6.07) is 11.0. The van der Waals surface area contributed by atoms with Gasteiger partial charge in [0.15, 0.2) is 17.7 Å². The molecule has 0 aliphatic heterocycles. The normalized spacial score (nSPS) is 12.0. The minimum atomic E-state index is -0.993. The molecule has 1 N–H and O–H groups in total. The second-order valence-corrected chi connectivity index (χ2v) is 5.49. The summed E-state index contributed by atoms with van der Waals surface area (Å²) in [5.74, 6) is -1.16. The van der Waals surface area contributed by atoms with Gasteiger partial charge in [0, 0.05) is 6.20 Å². The Morgan fingerprint density at radius 3 is 2.72 bits per heavy atom. The standard InChI is InChI=1S/C18H16FN3O3/c1-11-16(18(24)22-10-6-5-9-15(22)20-11)21-17(23)12(2)25-14-8-4-3-7-13(14)19/h3-10,12H,1-2H3,(H,21,23)/t12-/m1/s1. The van der Waals surface area contributed by atoms with E-state index in [9.17, 15) is 14.0 Å². The number of benzene rings is 1. The molecule has 1 atom stereocenters. The lowest BCUT2D eigenvalue weighted by atomic mass is 10.3. The molecular weight excluding hydrogens is 325 g/mol. The molecule has 0 saturated carbocycles. The number of carbonyl (C=O) groups excluding carboxylic acids is 1. The van der Waals surface area contributed by atoms with E-state index >= 15 is 0 Å². The summed E-state index contributed by atoms with van der Waals surface area (Å²) in [7, 11) is 0. The minimum absolute atomic E-state index is 0.0322. The van der Waals surface area contributed by atoms with Crippen molar-refractivity contribution in [1.29, 1.82) is 0 Å². The quantitative estimate of drug-likeness (QED) is 0.791. The highest BCUT2D eigenvalue weighted by molar-refractivity contribution is 5.94. The molecule has 25 heavy (non-hydrogen) atoms. The van der Waals surface area contributed by atoms with Crippen LogP contribution in [0, 0.1) is 12.7 Å². The number of fused-ring (bicyclic) bond motifs is 1. The number of pyridine rings is 1. The minimum Gasteiger partial charge on any atom is -0.478 e. The molecule has 0 aliphatic rings. The third kappa shape index (κ3) is 3.35. The Morgan fingerprint density at radius 1 is 1.24 bits per heavy atom. The Labute approximate surface area is 142 Å². The predicted molar refractivity (Wildman–Crippen MR) is 91.3 cm³/mol. The van der Waals surface area contributed by atoms with Gasteiger partial charge in [0.25, 0.3) is 11.5 Å². The van der Waals surface area contributed by atoms with Gasteiger partial charge in [0.1, 0.15) is 11.3 Å². The number of hydrogen-bond acceptors (Lipinski definition) is 4. The Hall–Kier alpha value is -3.22. The Kier molecular flexibility index (Phi) is 4.47. The number of rotatable bonds is 4. The molecule has 128 valence electrons. The molecule has 0 saturated heterocycles. The largest absolute Gasteiger partial charge is 0.478 e. The van der Waals surface area contributed by atoms with Crippen LogP contribution in [0.4, 0.5) is 10.1 Å². The fraction of sp³-hybridized carbons (Fsp3) is 0.167. The van der Waals surface area contributed by atoms with Crippen molar-refractivity contribution in [2.75, 3.05) is 5.32 Å². The number of anilines is 1. The monoisotopic (exact) mass is 341 g/mol. The molecule has 0 fully saturated rings. The molecule has 7 heteroatoms. The van der Waals surface area contributed by atoms with E-state index < -0.39 is 23.4 Å². The van der Waals surface area contributed by atoms with Crippen LogP contribution in [0.5, 0.6) is 5.75 Å². The molecule has 3 aromatic rings. The van der Waals surface area contributed by atoms with Gasteiger partial charge >= 0.3 is 0 Å². The summed E-state index contributed by atoms with van der Waals surface area (Å²) in [6.45, 7) is 3.11. The van der Waals surface area contributed by atoms with Gasteiger partial charge < -0.3 is 10.1 Å². The summed E-state index contributed by atoms with van der Waals surface area (Å²) in [5.41, 5.74) is 0.550. The lowest BCUT2D eigenvalue weighted by Crippen LogP contribution is -2.33. The summed E-state index contributed by atoms with van der Waals surface area (Å²) in [4.78, 5) is 29.2. The highest BCUT2D eigenvalue weighted by Gasteiger charge is 2.20. The predicted octanol–water partition coefficient (Wildman–Crippen LogP) is 2.55. The summed E-state index contributed by atoms with van der Waals surface area (Å²) in [6.07, 6.45) is 0.575. The maximum atomic E-state index is 13.6. The van der Waals surface area contributed by atoms with Crippen molar-refractivity contribution in [2.24, 2.45) is 0 Å².